The zero-order chi connectivity index (χ0) is 13.1. The molecule has 0 spiro atoms. The zero-order valence-electron chi connectivity index (χ0n) is 11.4. The molecule has 0 fully saturated rings. The van der Waals surface area contributed by atoms with Crippen LogP contribution in [0.1, 0.15) is 40.4 Å². The molecule has 2 nitrogen and oxygen atoms in total. The van der Waals surface area contributed by atoms with Crippen LogP contribution in [0.4, 0.5) is 0 Å². The summed E-state index contributed by atoms with van der Waals surface area (Å²) in [6.45, 7) is 9.39. The number of hydrogen-bond donors (Lipinski definition) is 1. The molecule has 1 N–H and O–H groups in total. The highest BCUT2D eigenvalue weighted by atomic mass is 32.1. The summed E-state index contributed by atoms with van der Waals surface area (Å²) in [7, 11) is 0. The number of aromatic nitrogens is 1. The quantitative estimate of drug-likeness (QED) is 0.901. The lowest BCUT2D eigenvalue weighted by atomic mass is 10.0. The number of nitrogens with one attached hydrogen (secondary N) is 1. The molecule has 0 aliphatic heterocycles. The van der Waals surface area contributed by atoms with Gasteiger partial charge in [-0.15, -0.1) is 11.3 Å². The number of hydrogen-bond acceptors (Lipinski definition) is 3. The third kappa shape index (κ3) is 3.18. The molecule has 1 aromatic heterocycles. The molecule has 0 bridgehead atoms. The summed E-state index contributed by atoms with van der Waals surface area (Å²) >= 11 is 1.71. The molecular weight excluding hydrogens is 240 g/mol. The fourth-order valence-electron chi connectivity index (χ4n) is 2.17. The molecule has 0 amide bonds. The first-order valence-corrected chi connectivity index (χ1v) is 7.16. The van der Waals surface area contributed by atoms with Crippen molar-refractivity contribution in [2.75, 3.05) is 0 Å². The van der Waals surface area contributed by atoms with Crippen LogP contribution in [0.2, 0.25) is 0 Å². The molecular formula is C15H20N2S. The second kappa shape index (κ2) is 5.63. The Labute approximate surface area is 113 Å². The van der Waals surface area contributed by atoms with Gasteiger partial charge in [-0.1, -0.05) is 23.8 Å². The Kier molecular flexibility index (Phi) is 4.15. The lowest BCUT2D eigenvalue weighted by molar-refractivity contribution is 0.566. The SMILES string of the molecule is Cc1ccc(C(C)NCc2csc(C)n2)c(C)c1. The highest BCUT2D eigenvalue weighted by Crippen LogP contribution is 2.19. The zero-order valence-corrected chi connectivity index (χ0v) is 12.3. The molecule has 0 aliphatic carbocycles. The minimum atomic E-state index is 0.354. The van der Waals surface area contributed by atoms with Crippen molar-refractivity contribution >= 4 is 11.3 Å². The van der Waals surface area contributed by atoms with E-state index in [1.807, 2.05) is 6.92 Å². The number of aryl methyl sites for hydroxylation is 3. The Balaban J connectivity index is 2.01. The third-order valence-electron chi connectivity index (χ3n) is 3.15. The fourth-order valence-corrected chi connectivity index (χ4v) is 2.78. The second-order valence-corrected chi connectivity index (χ2v) is 5.88. The monoisotopic (exact) mass is 260 g/mol. The molecule has 3 heteroatoms. The third-order valence-corrected chi connectivity index (χ3v) is 3.97. The molecule has 1 heterocycles. The van der Waals surface area contributed by atoms with E-state index in [9.17, 15) is 0 Å². The van der Waals surface area contributed by atoms with Crippen molar-refractivity contribution in [2.24, 2.45) is 0 Å². The van der Waals surface area contributed by atoms with E-state index in [0.717, 1.165) is 17.2 Å². The summed E-state index contributed by atoms with van der Waals surface area (Å²) in [6, 6.07) is 6.98. The minimum Gasteiger partial charge on any atom is -0.305 e. The summed E-state index contributed by atoms with van der Waals surface area (Å²) in [4.78, 5) is 4.47. The van der Waals surface area contributed by atoms with Crippen molar-refractivity contribution in [1.29, 1.82) is 0 Å². The van der Waals surface area contributed by atoms with Crippen molar-refractivity contribution < 1.29 is 0 Å². The topological polar surface area (TPSA) is 24.9 Å². The summed E-state index contributed by atoms with van der Waals surface area (Å²) < 4.78 is 0. The first kappa shape index (κ1) is 13.2. The average Bonchev–Trinajstić information content (AvgIpc) is 2.72. The number of rotatable bonds is 4. The maximum atomic E-state index is 4.47. The Bertz CT molecular complexity index is 531. The molecule has 1 unspecified atom stereocenters. The van der Waals surface area contributed by atoms with E-state index in [4.69, 9.17) is 0 Å². The maximum absolute atomic E-state index is 4.47. The van der Waals surface area contributed by atoms with Crippen molar-refractivity contribution in [2.45, 2.75) is 40.3 Å². The van der Waals surface area contributed by atoms with Crippen LogP contribution in [-0.2, 0) is 6.54 Å². The lowest BCUT2D eigenvalue weighted by Crippen LogP contribution is -2.19. The first-order valence-electron chi connectivity index (χ1n) is 6.28. The summed E-state index contributed by atoms with van der Waals surface area (Å²) in [5, 5.41) is 6.79. The Morgan fingerprint density at radius 2 is 2.06 bits per heavy atom. The average molecular weight is 260 g/mol. The Morgan fingerprint density at radius 3 is 2.67 bits per heavy atom. The fraction of sp³-hybridized carbons (Fsp3) is 0.400. The lowest BCUT2D eigenvalue weighted by Gasteiger charge is -2.16. The van der Waals surface area contributed by atoms with E-state index in [1.54, 1.807) is 11.3 Å². The van der Waals surface area contributed by atoms with Gasteiger partial charge in [0.05, 0.1) is 10.7 Å². The van der Waals surface area contributed by atoms with Gasteiger partial charge in [0.25, 0.3) is 0 Å². The van der Waals surface area contributed by atoms with Gasteiger partial charge in [-0.2, -0.15) is 0 Å². The Hall–Kier alpha value is -1.19. The van der Waals surface area contributed by atoms with Gasteiger partial charge in [0.2, 0.25) is 0 Å². The largest absolute Gasteiger partial charge is 0.305 e. The summed E-state index contributed by atoms with van der Waals surface area (Å²) in [5.74, 6) is 0. The van der Waals surface area contributed by atoms with Gasteiger partial charge in [-0.05, 0) is 38.8 Å². The van der Waals surface area contributed by atoms with Gasteiger partial charge in [-0.25, -0.2) is 4.98 Å². The van der Waals surface area contributed by atoms with Gasteiger partial charge in [0.1, 0.15) is 0 Å². The molecule has 2 aromatic rings. The normalized spacial score (nSPS) is 12.7. The molecule has 1 atom stereocenters. The first-order chi connectivity index (χ1) is 8.56. The standard InChI is InChI=1S/C15H20N2S/c1-10-5-6-15(11(2)7-10)12(3)16-8-14-9-18-13(4)17-14/h5-7,9,12,16H,8H2,1-4H3. The summed E-state index contributed by atoms with van der Waals surface area (Å²) in [6.07, 6.45) is 0. The Morgan fingerprint density at radius 1 is 1.28 bits per heavy atom. The molecule has 0 aliphatic rings. The molecule has 1 aromatic carbocycles. The number of nitrogens with zero attached hydrogens (tertiary/aromatic N) is 1. The molecule has 18 heavy (non-hydrogen) atoms. The van der Waals surface area contributed by atoms with Crippen LogP contribution < -0.4 is 5.32 Å². The smallest absolute Gasteiger partial charge is 0.0897 e. The van der Waals surface area contributed by atoms with Crippen LogP contribution in [0, 0.1) is 20.8 Å². The van der Waals surface area contributed by atoms with Gasteiger partial charge >= 0.3 is 0 Å². The number of benzene rings is 1. The van der Waals surface area contributed by atoms with Gasteiger partial charge in [-0.3, -0.25) is 0 Å². The molecule has 2 rings (SSSR count). The predicted molar refractivity (Wildman–Crippen MR) is 78.0 cm³/mol. The highest BCUT2D eigenvalue weighted by Gasteiger charge is 2.08. The van der Waals surface area contributed by atoms with Crippen molar-refractivity contribution in [3.63, 3.8) is 0 Å². The maximum Gasteiger partial charge on any atom is 0.0897 e. The predicted octanol–water partition coefficient (Wildman–Crippen LogP) is 3.92. The van der Waals surface area contributed by atoms with Crippen LogP contribution in [-0.4, -0.2) is 4.98 Å². The van der Waals surface area contributed by atoms with Crippen molar-refractivity contribution in [1.82, 2.24) is 10.3 Å². The van der Waals surface area contributed by atoms with E-state index >= 15 is 0 Å². The van der Waals surface area contributed by atoms with Crippen molar-refractivity contribution in [3.05, 3.63) is 51.0 Å². The van der Waals surface area contributed by atoms with Crippen LogP contribution in [0.25, 0.3) is 0 Å². The van der Waals surface area contributed by atoms with Crippen LogP contribution in [0.3, 0.4) is 0 Å². The highest BCUT2D eigenvalue weighted by molar-refractivity contribution is 7.09. The van der Waals surface area contributed by atoms with E-state index in [2.05, 4.69) is 54.7 Å². The molecule has 0 radical (unpaired) electrons. The van der Waals surface area contributed by atoms with Crippen LogP contribution >= 0.6 is 11.3 Å². The molecule has 96 valence electrons. The molecule has 0 saturated carbocycles. The summed E-state index contributed by atoms with van der Waals surface area (Å²) in [5.41, 5.74) is 5.17. The van der Waals surface area contributed by atoms with Gasteiger partial charge in [0.15, 0.2) is 0 Å². The molecule has 0 saturated heterocycles. The van der Waals surface area contributed by atoms with Gasteiger partial charge in [0, 0.05) is 18.0 Å². The number of thiazole rings is 1. The van der Waals surface area contributed by atoms with Crippen LogP contribution in [0.15, 0.2) is 23.6 Å². The van der Waals surface area contributed by atoms with Crippen molar-refractivity contribution in [3.8, 4) is 0 Å². The van der Waals surface area contributed by atoms with E-state index in [-0.39, 0.29) is 0 Å². The second-order valence-electron chi connectivity index (χ2n) is 4.82. The minimum absolute atomic E-state index is 0.354. The van der Waals surface area contributed by atoms with Crippen LogP contribution in [0.5, 0.6) is 0 Å². The van der Waals surface area contributed by atoms with E-state index in [0.29, 0.717) is 6.04 Å². The van der Waals surface area contributed by atoms with E-state index in [1.165, 1.54) is 16.7 Å². The van der Waals surface area contributed by atoms with E-state index < -0.39 is 0 Å². The van der Waals surface area contributed by atoms with Gasteiger partial charge < -0.3 is 5.32 Å².